The maximum atomic E-state index is 13.2. The van der Waals surface area contributed by atoms with Crippen LogP contribution in [0.3, 0.4) is 0 Å². The predicted octanol–water partition coefficient (Wildman–Crippen LogP) is 3.99. The number of carbonyl (C=O) groups excluding carboxylic acids is 2. The maximum Gasteiger partial charge on any atom is 0.338 e. The summed E-state index contributed by atoms with van der Waals surface area (Å²) in [6.45, 7) is 3.91. The first-order valence-corrected chi connectivity index (χ1v) is 10.00. The summed E-state index contributed by atoms with van der Waals surface area (Å²) in [5, 5.41) is 5.48. The second-order valence-electron chi connectivity index (χ2n) is 6.79. The van der Waals surface area contributed by atoms with Crippen molar-refractivity contribution in [1.29, 1.82) is 0 Å². The van der Waals surface area contributed by atoms with Crippen molar-refractivity contribution in [3.05, 3.63) is 70.7 Å². The molecule has 3 rings (SSSR count). The number of urea groups is 1. The maximum absolute atomic E-state index is 13.2. The van der Waals surface area contributed by atoms with Gasteiger partial charge in [-0.3, -0.25) is 0 Å². The number of ether oxygens (including phenoxy) is 3. The van der Waals surface area contributed by atoms with Gasteiger partial charge in [-0.15, -0.1) is 0 Å². The molecular formula is C23H25FN2O5. The molecule has 31 heavy (non-hydrogen) atoms. The first kappa shape index (κ1) is 22.1. The molecule has 0 saturated heterocycles. The molecule has 0 fully saturated rings. The minimum absolute atomic E-state index is 0.145. The largest absolute Gasteiger partial charge is 0.493 e. The Morgan fingerprint density at radius 1 is 1.13 bits per heavy atom. The highest BCUT2D eigenvalue weighted by molar-refractivity contribution is 5.95. The SMILES string of the molecule is CCOC(=O)C1=C(CC)NC(=O)NC1c1cccc(OC)c1OCc1ccc(F)cc1. The van der Waals surface area contributed by atoms with Crippen molar-refractivity contribution in [2.24, 2.45) is 0 Å². The average Bonchev–Trinajstić information content (AvgIpc) is 2.77. The lowest BCUT2D eigenvalue weighted by atomic mass is 9.93. The molecule has 0 aliphatic carbocycles. The average molecular weight is 428 g/mol. The quantitative estimate of drug-likeness (QED) is 0.621. The molecule has 1 aliphatic rings. The molecule has 2 aromatic rings. The van der Waals surface area contributed by atoms with E-state index < -0.39 is 18.0 Å². The Morgan fingerprint density at radius 2 is 1.87 bits per heavy atom. The standard InChI is InChI=1S/C23H25FN2O5/c1-4-17-19(22(27)30-5-2)20(26-23(28)25-17)16-7-6-8-18(29-3)21(16)31-13-14-9-11-15(24)12-10-14/h6-12,20H,4-5,13H2,1-3H3,(H2,25,26,28). The van der Waals surface area contributed by atoms with Crippen LogP contribution in [0.2, 0.25) is 0 Å². The number of benzene rings is 2. The number of amides is 2. The molecule has 0 saturated carbocycles. The van der Waals surface area contributed by atoms with Gasteiger partial charge in [0.1, 0.15) is 12.4 Å². The van der Waals surface area contributed by atoms with Crippen LogP contribution < -0.4 is 20.1 Å². The summed E-state index contributed by atoms with van der Waals surface area (Å²) in [6.07, 6.45) is 0.438. The number of rotatable bonds is 8. The first-order valence-electron chi connectivity index (χ1n) is 10.00. The van der Waals surface area contributed by atoms with Gasteiger partial charge in [-0.2, -0.15) is 0 Å². The van der Waals surface area contributed by atoms with E-state index in [0.717, 1.165) is 5.56 Å². The van der Waals surface area contributed by atoms with E-state index >= 15 is 0 Å². The molecule has 2 amide bonds. The molecule has 1 atom stereocenters. The van der Waals surface area contributed by atoms with E-state index in [0.29, 0.717) is 34.8 Å². The van der Waals surface area contributed by atoms with Gasteiger partial charge in [-0.05, 0) is 37.1 Å². The van der Waals surface area contributed by atoms with Crippen molar-refractivity contribution in [3.8, 4) is 11.5 Å². The number of nitrogens with one attached hydrogen (secondary N) is 2. The molecule has 8 heteroatoms. The van der Waals surface area contributed by atoms with Gasteiger partial charge in [0.15, 0.2) is 11.5 Å². The molecular weight excluding hydrogens is 403 g/mol. The normalized spacial score (nSPS) is 15.7. The van der Waals surface area contributed by atoms with Gasteiger partial charge in [-0.25, -0.2) is 14.0 Å². The molecule has 0 aromatic heterocycles. The lowest BCUT2D eigenvalue weighted by Crippen LogP contribution is -2.46. The zero-order valence-corrected chi connectivity index (χ0v) is 17.7. The molecule has 2 aromatic carbocycles. The van der Waals surface area contributed by atoms with Gasteiger partial charge < -0.3 is 24.8 Å². The fraction of sp³-hybridized carbons (Fsp3) is 0.304. The number of hydrogen-bond acceptors (Lipinski definition) is 5. The van der Waals surface area contributed by atoms with Crippen molar-refractivity contribution >= 4 is 12.0 Å². The molecule has 7 nitrogen and oxygen atoms in total. The van der Waals surface area contributed by atoms with Gasteiger partial charge in [-0.1, -0.05) is 31.2 Å². The van der Waals surface area contributed by atoms with Gasteiger partial charge >= 0.3 is 12.0 Å². The Bertz CT molecular complexity index is 988. The van der Waals surface area contributed by atoms with Crippen LogP contribution >= 0.6 is 0 Å². The van der Waals surface area contributed by atoms with Crippen LogP contribution in [0.1, 0.15) is 37.4 Å². The zero-order valence-electron chi connectivity index (χ0n) is 17.7. The van der Waals surface area contributed by atoms with Crippen LogP contribution in [0.4, 0.5) is 9.18 Å². The summed E-state index contributed by atoms with van der Waals surface area (Å²) in [5.41, 5.74) is 2.09. The van der Waals surface area contributed by atoms with Crippen LogP contribution in [0, 0.1) is 5.82 Å². The number of carbonyl (C=O) groups is 2. The molecule has 0 radical (unpaired) electrons. The van der Waals surface area contributed by atoms with Gasteiger partial charge in [0.25, 0.3) is 0 Å². The molecule has 0 spiro atoms. The highest BCUT2D eigenvalue weighted by atomic mass is 19.1. The summed E-state index contributed by atoms with van der Waals surface area (Å²) in [6, 6.07) is 9.95. The van der Waals surface area contributed by atoms with Crippen LogP contribution in [-0.2, 0) is 16.1 Å². The number of methoxy groups -OCH3 is 1. The van der Waals surface area contributed by atoms with E-state index in [1.165, 1.54) is 19.2 Å². The smallest absolute Gasteiger partial charge is 0.338 e. The van der Waals surface area contributed by atoms with E-state index in [-0.39, 0.29) is 19.0 Å². The molecule has 1 heterocycles. The van der Waals surface area contributed by atoms with Crippen molar-refractivity contribution in [3.63, 3.8) is 0 Å². The fourth-order valence-electron chi connectivity index (χ4n) is 3.39. The fourth-order valence-corrected chi connectivity index (χ4v) is 3.39. The number of esters is 1. The van der Waals surface area contributed by atoms with E-state index in [1.807, 2.05) is 6.92 Å². The van der Waals surface area contributed by atoms with Gasteiger partial charge in [0, 0.05) is 11.3 Å². The van der Waals surface area contributed by atoms with E-state index in [9.17, 15) is 14.0 Å². The van der Waals surface area contributed by atoms with Crippen molar-refractivity contribution in [1.82, 2.24) is 10.6 Å². The predicted molar refractivity (Wildman–Crippen MR) is 112 cm³/mol. The van der Waals surface area contributed by atoms with E-state index in [4.69, 9.17) is 14.2 Å². The second kappa shape index (κ2) is 9.97. The van der Waals surface area contributed by atoms with Crippen molar-refractivity contribution in [2.75, 3.05) is 13.7 Å². The van der Waals surface area contributed by atoms with Crippen LogP contribution in [0.15, 0.2) is 53.7 Å². The third-order valence-corrected chi connectivity index (χ3v) is 4.84. The van der Waals surface area contributed by atoms with Crippen molar-refractivity contribution < 1.29 is 28.2 Å². The topological polar surface area (TPSA) is 85.9 Å². The lowest BCUT2D eigenvalue weighted by Gasteiger charge is -2.30. The highest BCUT2D eigenvalue weighted by Crippen LogP contribution is 2.40. The Kier molecular flexibility index (Phi) is 7.12. The monoisotopic (exact) mass is 428 g/mol. The summed E-state index contributed by atoms with van der Waals surface area (Å²) >= 11 is 0. The number of halogens is 1. The summed E-state index contributed by atoms with van der Waals surface area (Å²) in [4.78, 5) is 25.1. The Labute approximate surface area is 180 Å². The van der Waals surface area contributed by atoms with Gasteiger partial charge in [0.05, 0.1) is 25.3 Å². The molecule has 1 unspecified atom stereocenters. The molecule has 1 aliphatic heterocycles. The summed E-state index contributed by atoms with van der Waals surface area (Å²) in [5.74, 6) is -0.0490. The third-order valence-electron chi connectivity index (χ3n) is 4.84. The number of allylic oxidation sites excluding steroid dienone is 1. The second-order valence-corrected chi connectivity index (χ2v) is 6.79. The van der Waals surface area contributed by atoms with Crippen LogP contribution in [-0.4, -0.2) is 25.7 Å². The Morgan fingerprint density at radius 3 is 2.52 bits per heavy atom. The van der Waals surface area contributed by atoms with E-state index in [1.54, 1.807) is 37.3 Å². The molecule has 2 N–H and O–H groups in total. The zero-order chi connectivity index (χ0) is 22.4. The van der Waals surface area contributed by atoms with Gasteiger partial charge in [0.2, 0.25) is 0 Å². The highest BCUT2D eigenvalue weighted by Gasteiger charge is 2.35. The number of hydrogen-bond donors (Lipinski definition) is 2. The molecule has 0 bridgehead atoms. The minimum atomic E-state index is -0.791. The third kappa shape index (κ3) is 4.96. The van der Waals surface area contributed by atoms with Crippen molar-refractivity contribution in [2.45, 2.75) is 32.9 Å². The summed E-state index contributed by atoms with van der Waals surface area (Å²) in [7, 11) is 1.50. The van der Waals surface area contributed by atoms with Crippen LogP contribution in [0.5, 0.6) is 11.5 Å². The van der Waals surface area contributed by atoms with E-state index in [2.05, 4.69) is 10.6 Å². The Hall–Kier alpha value is -3.55. The Balaban J connectivity index is 2.04. The van der Waals surface area contributed by atoms with Crippen LogP contribution in [0.25, 0.3) is 0 Å². The first-order chi connectivity index (χ1) is 15.0. The number of para-hydroxylation sites is 1. The lowest BCUT2D eigenvalue weighted by molar-refractivity contribution is -0.139. The summed E-state index contributed by atoms with van der Waals surface area (Å²) < 4.78 is 29.9. The minimum Gasteiger partial charge on any atom is -0.493 e. The molecule has 164 valence electrons.